The van der Waals surface area contributed by atoms with Crippen LogP contribution in [0.2, 0.25) is 0 Å². The monoisotopic (exact) mass is 288 g/mol. The van der Waals surface area contributed by atoms with Crippen LogP contribution in [0.4, 0.5) is 0 Å². The summed E-state index contributed by atoms with van der Waals surface area (Å²) in [6.07, 6.45) is 0.800. The number of aryl methyl sites for hydroxylation is 1. The van der Waals surface area contributed by atoms with Crippen LogP contribution >= 0.6 is 0 Å². The predicted octanol–water partition coefficient (Wildman–Crippen LogP) is 2.12. The molecule has 1 heterocycles. The number of hydrogen-bond acceptors (Lipinski definition) is 4. The van der Waals surface area contributed by atoms with Crippen molar-refractivity contribution in [3.63, 3.8) is 0 Å². The first-order valence-corrected chi connectivity index (χ1v) is 8.21. The van der Waals surface area contributed by atoms with E-state index in [-0.39, 0.29) is 4.90 Å². The molecular weight excluding hydrogens is 264 g/mol. The van der Waals surface area contributed by atoms with Crippen molar-refractivity contribution in [2.45, 2.75) is 45.6 Å². The van der Waals surface area contributed by atoms with Crippen LogP contribution in [0.25, 0.3) is 0 Å². The highest BCUT2D eigenvalue weighted by molar-refractivity contribution is 7.89. The minimum atomic E-state index is -3.44. The summed E-state index contributed by atoms with van der Waals surface area (Å²) in [4.78, 5) is 0.288. The predicted molar refractivity (Wildman–Crippen MR) is 75.5 cm³/mol. The van der Waals surface area contributed by atoms with Gasteiger partial charge in [0.2, 0.25) is 10.0 Å². The van der Waals surface area contributed by atoms with Crippen molar-refractivity contribution in [3.05, 3.63) is 17.6 Å². The van der Waals surface area contributed by atoms with Gasteiger partial charge in [0, 0.05) is 19.2 Å². The summed E-state index contributed by atoms with van der Waals surface area (Å²) in [6, 6.07) is 1.63. The lowest BCUT2D eigenvalue weighted by atomic mass is 10.4. The maximum atomic E-state index is 12.5. The minimum Gasteiger partial charge on any atom is -0.464 e. The lowest BCUT2D eigenvalue weighted by molar-refractivity contribution is 0.422. The summed E-state index contributed by atoms with van der Waals surface area (Å²) < 4.78 is 32.0. The third-order valence-electron chi connectivity index (χ3n) is 2.92. The van der Waals surface area contributed by atoms with Crippen molar-refractivity contribution in [2.24, 2.45) is 0 Å². The number of nitrogens with zero attached hydrogens (tertiary/aromatic N) is 1. The zero-order chi connectivity index (χ0) is 14.5. The van der Waals surface area contributed by atoms with Crippen molar-refractivity contribution in [3.8, 4) is 0 Å². The molecule has 0 spiro atoms. The van der Waals surface area contributed by atoms with E-state index in [0.29, 0.717) is 31.2 Å². The van der Waals surface area contributed by atoms with Crippen LogP contribution in [0, 0.1) is 6.92 Å². The Morgan fingerprint density at radius 3 is 2.53 bits per heavy atom. The molecule has 0 unspecified atom stereocenters. The quantitative estimate of drug-likeness (QED) is 0.796. The lowest BCUT2D eigenvalue weighted by Gasteiger charge is -2.18. The van der Waals surface area contributed by atoms with Crippen molar-refractivity contribution in [1.29, 1.82) is 0 Å². The van der Waals surface area contributed by atoms with Gasteiger partial charge in [0.05, 0.1) is 6.54 Å². The molecular formula is C13H24N2O3S. The molecule has 5 nitrogen and oxygen atoms in total. The molecule has 1 N–H and O–H groups in total. The van der Waals surface area contributed by atoms with Gasteiger partial charge in [0.25, 0.3) is 0 Å². The van der Waals surface area contributed by atoms with Gasteiger partial charge in [0.15, 0.2) is 0 Å². The first-order chi connectivity index (χ1) is 8.97. The molecule has 19 heavy (non-hydrogen) atoms. The van der Waals surface area contributed by atoms with Crippen LogP contribution in [0.3, 0.4) is 0 Å². The van der Waals surface area contributed by atoms with E-state index in [1.807, 2.05) is 20.8 Å². The zero-order valence-electron chi connectivity index (χ0n) is 12.2. The molecule has 1 aromatic rings. The minimum absolute atomic E-state index is 0.288. The maximum Gasteiger partial charge on any atom is 0.246 e. The summed E-state index contributed by atoms with van der Waals surface area (Å²) in [5.41, 5.74) is 0. The average molecular weight is 288 g/mol. The second-order valence-corrected chi connectivity index (χ2v) is 6.32. The second-order valence-electron chi connectivity index (χ2n) is 4.41. The van der Waals surface area contributed by atoms with E-state index in [2.05, 4.69) is 5.32 Å². The fraction of sp³-hybridized carbons (Fsp3) is 0.692. The Hall–Kier alpha value is -0.850. The standard InChI is InChI=1S/C13H24N2O3S/c1-5-8-15(7-3)19(16,17)13-9-12(10-14-6-2)18-11(13)4/h9,14H,5-8,10H2,1-4H3. The molecule has 0 fully saturated rings. The molecule has 110 valence electrons. The molecule has 1 rings (SSSR count). The topological polar surface area (TPSA) is 62.6 Å². The number of nitrogens with one attached hydrogen (secondary N) is 1. The molecule has 0 amide bonds. The van der Waals surface area contributed by atoms with E-state index in [4.69, 9.17) is 4.42 Å². The van der Waals surface area contributed by atoms with Crippen LogP contribution in [-0.4, -0.2) is 32.4 Å². The molecule has 1 aromatic heterocycles. The highest BCUT2D eigenvalue weighted by atomic mass is 32.2. The maximum absolute atomic E-state index is 12.5. The summed E-state index contributed by atoms with van der Waals surface area (Å²) in [5.74, 6) is 1.12. The van der Waals surface area contributed by atoms with Gasteiger partial charge in [-0.1, -0.05) is 20.8 Å². The van der Waals surface area contributed by atoms with Crippen LogP contribution in [0.5, 0.6) is 0 Å². The largest absolute Gasteiger partial charge is 0.464 e. The molecule has 0 aliphatic rings. The SMILES string of the molecule is CCCN(CC)S(=O)(=O)c1cc(CNCC)oc1C. The lowest BCUT2D eigenvalue weighted by Crippen LogP contribution is -2.31. The van der Waals surface area contributed by atoms with E-state index in [1.54, 1.807) is 13.0 Å². The van der Waals surface area contributed by atoms with Gasteiger partial charge in [-0.15, -0.1) is 0 Å². The van der Waals surface area contributed by atoms with Gasteiger partial charge >= 0.3 is 0 Å². The third kappa shape index (κ3) is 3.81. The van der Waals surface area contributed by atoms with Crippen molar-refractivity contribution < 1.29 is 12.8 Å². The van der Waals surface area contributed by atoms with Crippen LogP contribution < -0.4 is 5.32 Å². The van der Waals surface area contributed by atoms with Crippen molar-refractivity contribution in [2.75, 3.05) is 19.6 Å². The molecule has 0 saturated carbocycles. The van der Waals surface area contributed by atoms with Gasteiger partial charge in [0.1, 0.15) is 16.4 Å². The summed E-state index contributed by atoms with van der Waals surface area (Å²) in [7, 11) is -3.44. The molecule has 0 atom stereocenters. The fourth-order valence-corrected chi connectivity index (χ4v) is 3.68. The molecule has 0 radical (unpaired) electrons. The smallest absolute Gasteiger partial charge is 0.246 e. The summed E-state index contributed by atoms with van der Waals surface area (Å²) >= 11 is 0. The first kappa shape index (κ1) is 16.2. The number of hydrogen-bond donors (Lipinski definition) is 1. The van der Waals surface area contributed by atoms with Crippen LogP contribution in [0.1, 0.15) is 38.7 Å². The van der Waals surface area contributed by atoms with Crippen LogP contribution in [-0.2, 0) is 16.6 Å². The number of rotatable bonds is 8. The zero-order valence-corrected chi connectivity index (χ0v) is 13.0. The van der Waals surface area contributed by atoms with E-state index < -0.39 is 10.0 Å². The Morgan fingerprint density at radius 2 is 2.00 bits per heavy atom. The summed E-state index contributed by atoms with van der Waals surface area (Å²) in [5, 5.41) is 3.12. The average Bonchev–Trinajstić information content (AvgIpc) is 2.75. The van der Waals surface area contributed by atoms with Gasteiger partial charge < -0.3 is 9.73 Å². The number of sulfonamides is 1. The van der Waals surface area contributed by atoms with Gasteiger partial charge in [-0.05, 0) is 19.9 Å². The molecule has 6 heteroatoms. The highest BCUT2D eigenvalue weighted by Crippen LogP contribution is 2.23. The van der Waals surface area contributed by atoms with E-state index in [0.717, 1.165) is 13.0 Å². The third-order valence-corrected chi connectivity index (χ3v) is 5.00. The second kappa shape index (κ2) is 7.07. The Labute approximate surface area is 116 Å². The molecule has 0 aliphatic carbocycles. The molecule has 0 aliphatic heterocycles. The Kier molecular flexibility index (Phi) is 6.03. The van der Waals surface area contributed by atoms with Gasteiger partial charge in [-0.2, -0.15) is 4.31 Å². The van der Waals surface area contributed by atoms with Gasteiger partial charge in [-0.3, -0.25) is 0 Å². The van der Waals surface area contributed by atoms with Gasteiger partial charge in [-0.25, -0.2) is 8.42 Å². The van der Waals surface area contributed by atoms with Crippen molar-refractivity contribution >= 4 is 10.0 Å². The Morgan fingerprint density at radius 1 is 1.32 bits per heavy atom. The Bertz CT molecular complexity index is 494. The van der Waals surface area contributed by atoms with E-state index in [1.165, 1.54) is 4.31 Å². The molecule has 0 bridgehead atoms. The van der Waals surface area contributed by atoms with Crippen molar-refractivity contribution in [1.82, 2.24) is 9.62 Å². The fourth-order valence-electron chi connectivity index (χ4n) is 1.95. The van der Waals surface area contributed by atoms with E-state index in [9.17, 15) is 8.42 Å². The highest BCUT2D eigenvalue weighted by Gasteiger charge is 2.27. The van der Waals surface area contributed by atoms with E-state index >= 15 is 0 Å². The Balaban J connectivity index is 3.03. The molecule has 0 aromatic carbocycles. The molecule has 0 saturated heterocycles. The first-order valence-electron chi connectivity index (χ1n) is 6.77. The summed E-state index contributed by atoms with van der Waals surface area (Å²) in [6.45, 7) is 9.88. The normalized spacial score (nSPS) is 12.3. The number of furan rings is 1. The van der Waals surface area contributed by atoms with Crippen LogP contribution in [0.15, 0.2) is 15.4 Å².